The maximum atomic E-state index is 9.05. The van der Waals surface area contributed by atoms with Gasteiger partial charge < -0.3 is 9.84 Å². The molecule has 3 heteroatoms. The van der Waals surface area contributed by atoms with E-state index in [1.165, 1.54) is 0 Å². The summed E-state index contributed by atoms with van der Waals surface area (Å²) in [5.74, 6) is 0.812. The normalized spacial score (nSPS) is 10.2. The van der Waals surface area contributed by atoms with Crippen LogP contribution in [0.25, 0.3) is 0 Å². The van der Waals surface area contributed by atoms with Gasteiger partial charge in [-0.05, 0) is 37.1 Å². The second-order valence-electron chi connectivity index (χ2n) is 2.80. The zero-order valence-electron chi connectivity index (χ0n) is 7.80. The molecule has 0 amide bonds. The van der Waals surface area contributed by atoms with Crippen LogP contribution in [0.3, 0.4) is 0 Å². The molecule has 0 saturated carbocycles. The van der Waals surface area contributed by atoms with Crippen LogP contribution in [0.4, 0.5) is 0 Å². The maximum absolute atomic E-state index is 9.05. The third-order valence-corrected chi connectivity index (χ3v) is 2.92. The Hall–Kier alpha value is -0.540. The fourth-order valence-corrected chi connectivity index (χ4v) is 1.53. The Morgan fingerprint density at radius 3 is 2.69 bits per heavy atom. The third-order valence-electron chi connectivity index (χ3n) is 1.78. The van der Waals surface area contributed by atoms with Crippen LogP contribution >= 0.6 is 15.9 Å². The van der Waals surface area contributed by atoms with Crippen molar-refractivity contribution in [3.05, 3.63) is 27.7 Å². The largest absolute Gasteiger partial charge is 0.494 e. The minimum atomic E-state index is 0.0301. The standard InChI is InChI=1S/C10H13BrO2/c1-3-13-9-4-7(2)10(11)8(5-9)6-12/h4-5,12H,3,6H2,1-2H3. The zero-order chi connectivity index (χ0) is 9.84. The van der Waals surface area contributed by atoms with Crippen molar-refractivity contribution in [3.63, 3.8) is 0 Å². The lowest BCUT2D eigenvalue weighted by Crippen LogP contribution is -1.95. The molecule has 1 N–H and O–H groups in total. The van der Waals surface area contributed by atoms with E-state index in [1.807, 2.05) is 26.0 Å². The molecule has 0 aliphatic carbocycles. The molecule has 1 aromatic rings. The van der Waals surface area contributed by atoms with Crippen LogP contribution in [-0.2, 0) is 6.61 Å². The Bertz CT molecular complexity index is 297. The molecule has 0 bridgehead atoms. The minimum absolute atomic E-state index is 0.0301. The van der Waals surface area contributed by atoms with Gasteiger partial charge in [-0.2, -0.15) is 0 Å². The molecule has 0 unspecified atom stereocenters. The predicted octanol–water partition coefficient (Wildman–Crippen LogP) is 2.65. The molecule has 0 saturated heterocycles. The van der Waals surface area contributed by atoms with Gasteiger partial charge in [0.25, 0.3) is 0 Å². The summed E-state index contributed by atoms with van der Waals surface area (Å²) in [5, 5.41) is 9.05. The van der Waals surface area contributed by atoms with Crippen molar-refractivity contribution in [2.24, 2.45) is 0 Å². The first-order valence-electron chi connectivity index (χ1n) is 4.21. The zero-order valence-corrected chi connectivity index (χ0v) is 9.39. The summed E-state index contributed by atoms with van der Waals surface area (Å²) >= 11 is 3.41. The Morgan fingerprint density at radius 1 is 1.46 bits per heavy atom. The van der Waals surface area contributed by atoms with E-state index < -0.39 is 0 Å². The first-order valence-corrected chi connectivity index (χ1v) is 5.01. The number of benzene rings is 1. The van der Waals surface area contributed by atoms with Gasteiger partial charge in [0.05, 0.1) is 13.2 Å². The lowest BCUT2D eigenvalue weighted by Gasteiger charge is -2.09. The van der Waals surface area contributed by atoms with Crippen molar-refractivity contribution < 1.29 is 9.84 Å². The van der Waals surface area contributed by atoms with Crippen LogP contribution in [0, 0.1) is 6.92 Å². The van der Waals surface area contributed by atoms with Crippen molar-refractivity contribution in [2.75, 3.05) is 6.61 Å². The highest BCUT2D eigenvalue weighted by Gasteiger charge is 2.04. The first-order chi connectivity index (χ1) is 6.19. The van der Waals surface area contributed by atoms with E-state index in [2.05, 4.69) is 15.9 Å². The molecular formula is C10H13BrO2. The van der Waals surface area contributed by atoms with Crippen molar-refractivity contribution in [3.8, 4) is 5.75 Å². The fourth-order valence-electron chi connectivity index (χ4n) is 1.17. The molecule has 0 atom stereocenters. The Balaban J connectivity index is 3.06. The summed E-state index contributed by atoms with van der Waals surface area (Å²) in [6, 6.07) is 3.80. The number of hydrogen-bond acceptors (Lipinski definition) is 2. The molecular weight excluding hydrogens is 232 g/mol. The van der Waals surface area contributed by atoms with E-state index in [1.54, 1.807) is 0 Å². The third kappa shape index (κ3) is 2.45. The lowest BCUT2D eigenvalue weighted by molar-refractivity contribution is 0.279. The molecule has 0 radical (unpaired) electrons. The van der Waals surface area contributed by atoms with Crippen LogP contribution in [0.2, 0.25) is 0 Å². The van der Waals surface area contributed by atoms with E-state index in [0.29, 0.717) is 6.61 Å². The SMILES string of the molecule is CCOc1cc(C)c(Br)c(CO)c1. The highest BCUT2D eigenvalue weighted by Crippen LogP contribution is 2.26. The number of hydrogen-bond donors (Lipinski definition) is 1. The van der Waals surface area contributed by atoms with Crippen LogP contribution in [0.5, 0.6) is 5.75 Å². The van der Waals surface area contributed by atoms with E-state index in [-0.39, 0.29) is 6.61 Å². The molecule has 1 aromatic carbocycles. The molecule has 0 aromatic heterocycles. The monoisotopic (exact) mass is 244 g/mol. The van der Waals surface area contributed by atoms with Gasteiger partial charge in [0.1, 0.15) is 5.75 Å². The number of aryl methyl sites for hydroxylation is 1. The lowest BCUT2D eigenvalue weighted by atomic mass is 10.1. The molecule has 0 heterocycles. The molecule has 0 aliphatic heterocycles. The van der Waals surface area contributed by atoms with Crippen molar-refractivity contribution in [1.29, 1.82) is 0 Å². The van der Waals surface area contributed by atoms with Gasteiger partial charge in [0.15, 0.2) is 0 Å². The fraction of sp³-hybridized carbons (Fsp3) is 0.400. The number of aliphatic hydroxyl groups excluding tert-OH is 1. The van der Waals surface area contributed by atoms with Gasteiger partial charge in [-0.1, -0.05) is 15.9 Å². The number of ether oxygens (including phenoxy) is 1. The van der Waals surface area contributed by atoms with E-state index >= 15 is 0 Å². The van der Waals surface area contributed by atoms with E-state index in [0.717, 1.165) is 21.3 Å². The topological polar surface area (TPSA) is 29.5 Å². The number of aliphatic hydroxyl groups is 1. The number of halogens is 1. The molecule has 72 valence electrons. The van der Waals surface area contributed by atoms with Crippen LogP contribution < -0.4 is 4.74 Å². The highest BCUT2D eigenvalue weighted by molar-refractivity contribution is 9.10. The molecule has 2 nitrogen and oxygen atoms in total. The highest BCUT2D eigenvalue weighted by atomic mass is 79.9. The van der Waals surface area contributed by atoms with Crippen molar-refractivity contribution in [1.82, 2.24) is 0 Å². The van der Waals surface area contributed by atoms with E-state index in [4.69, 9.17) is 9.84 Å². The summed E-state index contributed by atoms with van der Waals surface area (Å²) in [6.45, 7) is 4.59. The molecule has 0 spiro atoms. The van der Waals surface area contributed by atoms with Crippen molar-refractivity contribution >= 4 is 15.9 Å². The van der Waals surface area contributed by atoms with Gasteiger partial charge in [-0.25, -0.2) is 0 Å². The molecule has 0 fully saturated rings. The summed E-state index contributed by atoms with van der Waals surface area (Å²) in [7, 11) is 0. The number of rotatable bonds is 3. The van der Waals surface area contributed by atoms with Crippen LogP contribution in [0.1, 0.15) is 18.1 Å². The average molecular weight is 245 g/mol. The van der Waals surface area contributed by atoms with Crippen LogP contribution in [-0.4, -0.2) is 11.7 Å². The minimum Gasteiger partial charge on any atom is -0.494 e. The quantitative estimate of drug-likeness (QED) is 0.886. The molecule has 0 aliphatic rings. The van der Waals surface area contributed by atoms with Crippen LogP contribution in [0.15, 0.2) is 16.6 Å². The summed E-state index contributed by atoms with van der Waals surface area (Å²) in [4.78, 5) is 0. The summed E-state index contributed by atoms with van der Waals surface area (Å²) in [6.07, 6.45) is 0. The average Bonchev–Trinajstić information content (AvgIpc) is 2.11. The maximum Gasteiger partial charge on any atom is 0.119 e. The smallest absolute Gasteiger partial charge is 0.119 e. The Morgan fingerprint density at radius 2 is 2.15 bits per heavy atom. The van der Waals surface area contributed by atoms with Gasteiger partial charge >= 0.3 is 0 Å². The molecule has 13 heavy (non-hydrogen) atoms. The summed E-state index contributed by atoms with van der Waals surface area (Å²) < 4.78 is 6.31. The van der Waals surface area contributed by atoms with E-state index in [9.17, 15) is 0 Å². The van der Waals surface area contributed by atoms with Gasteiger partial charge in [0, 0.05) is 4.47 Å². The second kappa shape index (κ2) is 4.63. The predicted molar refractivity (Wildman–Crippen MR) is 56.0 cm³/mol. The second-order valence-corrected chi connectivity index (χ2v) is 3.60. The van der Waals surface area contributed by atoms with Gasteiger partial charge in [-0.3, -0.25) is 0 Å². The van der Waals surface area contributed by atoms with Gasteiger partial charge in [-0.15, -0.1) is 0 Å². The summed E-state index contributed by atoms with van der Waals surface area (Å²) in [5.41, 5.74) is 1.94. The first kappa shape index (κ1) is 10.5. The molecule has 1 rings (SSSR count). The van der Waals surface area contributed by atoms with Crippen molar-refractivity contribution in [2.45, 2.75) is 20.5 Å². The Labute approximate surface area is 86.7 Å². The van der Waals surface area contributed by atoms with Gasteiger partial charge in [0.2, 0.25) is 0 Å². The Kier molecular flexibility index (Phi) is 3.75.